The molecule has 0 aliphatic heterocycles. The first kappa shape index (κ1) is 25.8. The predicted octanol–water partition coefficient (Wildman–Crippen LogP) is 1.79. The van der Waals surface area contributed by atoms with Crippen LogP contribution in [0.15, 0.2) is 29.4 Å². The zero-order valence-electron chi connectivity index (χ0n) is 18.4. The van der Waals surface area contributed by atoms with Crippen LogP contribution in [-0.2, 0) is 27.5 Å². The second-order valence-corrected chi connectivity index (χ2v) is 8.87. The Morgan fingerprint density at radius 3 is 2.34 bits per heavy atom. The number of aliphatic carboxylic acids is 2. The van der Waals surface area contributed by atoms with Crippen molar-refractivity contribution >= 4 is 18.2 Å². The molecule has 2 aliphatic rings. The van der Waals surface area contributed by atoms with E-state index in [0.717, 1.165) is 44.1 Å². The Kier molecular flexibility index (Phi) is 9.18. The van der Waals surface area contributed by atoms with E-state index in [1.807, 2.05) is 18.3 Å². The first-order valence-corrected chi connectivity index (χ1v) is 10.9. The van der Waals surface area contributed by atoms with Crippen LogP contribution in [0.5, 0.6) is 0 Å². The number of benzene rings is 1. The van der Waals surface area contributed by atoms with E-state index in [0.29, 0.717) is 19.1 Å². The first-order chi connectivity index (χ1) is 15.1. The van der Waals surface area contributed by atoms with E-state index in [9.17, 15) is 10.2 Å². The number of carboxylic acid groups (broad SMARTS) is 2. The molecule has 0 amide bonds. The van der Waals surface area contributed by atoms with Crippen LogP contribution in [0.25, 0.3) is 0 Å². The van der Waals surface area contributed by atoms with Gasteiger partial charge in [0.05, 0.1) is 12.2 Å². The van der Waals surface area contributed by atoms with Crippen LogP contribution in [0.2, 0.25) is 0 Å². The smallest absolute Gasteiger partial charge is 0.414 e. The van der Waals surface area contributed by atoms with E-state index in [1.165, 1.54) is 5.56 Å². The third-order valence-corrected chi connectivity index (χ3v) is 6.89. The van der Waals surface area contributed by atoms with E-state index in [1.54, 1.807) is 0 Å². The van der Waals surface area contributed by atoms with E-state index < -0.39 is 17.5 Å². The molecule has 1 aromatic carbocycles. The summed E-state index contributed by atoms with van der Waals surface area (Å²) in [5.41, 5.74) is 6.90. The molecule has 2 fully saturated rings. The van der Waals surface area contributed by atoms with Crippen molar-refractivity contribution in [3.8, 4) is 0 Å². The Balaban J connectivity index is 0.000000534. The largest absolute Gasteiger partial charge is 0.473 e. The molecule has 0 aromatic heterocycles. The molecule has 178 valence electrons. The number of hydrogen-bond acceptors (Lipinski definition) is 7. The zero-order chi connectivity index (χ0) is 23.8. The summed E-state index contributed by atoms with van der Waals surface area (Å²) in [6.45, 7) is 3.19. The molecule has 0 heterocycles. The van der Waals surface area contributed by atoms with E-state index >= 15 is 0 Å². The minimum Gasteiger partial charge on any atom is -0.473 e. The maximum Gasteiger partial charge on any atom is 0.414 e. The number of oxime groups is 1. The predicted molar refractivity (Wildman–Crippen MR) is 118 cm³/mol. The molecule has 9 heteroatoms. The van der Waals surface area contributed by atoms with Gasteiger partial charge in [0.15, 0.2) is 0 Å². The number of rotatable bonds is 7. The number of fused-ring (bicyclic) bond motifs is 1. The molecule has 0 spiro atoms. The summed E-state index contributed by atoms with van der Waals surface area (Å²) < 4.78 is 0. The zero-order valence-corrected chi connectivity index (χ0v) is 18.4. The van der Waals surface area contributed by atoms with Crippen LogP contribution in [0.3, 0.4) is 0 Å². The summed E-state index contributed by atoms with van der Waals surface area (Å²) in [6, 6.07) is 8.17. The third kappa shape index (κ3) is 6.27. The van der Waals surface area contributed by atoms with Crippen molar-refractivity contribution in [2.75, 3.05) is 13.2 Å². The van der Waals surface area contributed by atoms with Crippen LogP contribution in [0, 0.1) is 17.3 Å². The minimum atomic E-state index is -1.82. The minimum absolute atomic E-state index is 0.0831. The number of aliphatic hydroxyl groups is 2. The van der Waals surface area contributed by atoms with Gasteiger partial charge in [0.2, 0.25) is 0 Å². The average molecular weight is 451 g/mol. The lowest BCUT2D eigenvalue weighted by Gasteiger charge is -2.48. The molecule has 6 N–H and O–H groups in total. The van der Waals surface area contributed by atoms with Crippen molar-refractivity contribution in [3.63, 3.8) is 0 Å². The van der Waals surface area contributed by atoms with Crippen LogP contribution in [0.4, 0.5) is 0 Å². The second kappa shape index (κ2) is 11.4. The molecule has 2 saturated carbocycles. The summed E-state index contributed by atoms with van der Waals surface area (Å²) in [6.07, 6.45) is 7.64. The third-order valence-electron chi connectivity index (χ3n) is 6.89. The van der Waals surface area contributed by atoms with Gasteiger partial charge in [0, 0.05) is 24.1 Å². The van der Waals surface area contributed by atoms with Crippen molar-refractivity contribution in [2.45, 2.75) is 57.7 Å². The van der Waals surface area contributed by atoms with Crippen LogP contribution < -0.4 is 5.73 Å². The monoisotopic (exact) mass is 450 g/mol. The topological polar surface area (TPSA) is 163 Å². The van der Waals surface area contributed by atoms with E-state index in [-0.39, 0.29) is 17.9 Å². The van der Waals surface area contributed by atoms with Crippen molar-refractivity contribution in [3.05, 3.63) is 35.4 Å². The summed E-state index contributed by atoms with van der Waals surface area (Å²) in [7, 11) is 0. The normalized spacial score (nSPS) is 29.1. The molecular formula is C23H34N2O7. The van der Waals surface area contributed by atoms with Crippen LogP contribution in [-0.4, -0.2) is 57.3 Å². The molecule has 32 heavy (non-hydrogen) atoms. The van der Waals surface area contributed by atoms with Crippen molar-refractivity contribution in [1.29, 1.82) is 0 Å². The molecule has 0 saturated heterocycles. The number of carbonyl (C=O) groups is 2. The molecule has 0 unspecified atom stereocenters. The number of nitrogens with zero attached hydrogens (tertiary/aromatic N) is 1. The Morgan fingerprint density at radius 2 is 1.78 bits per heavy atom. The molecule has 1 aromatic rings. The van der Waals surface area contributed by atoms with Crippen LogP contribution in [0.1, 0.15) is 50.2 Å². The van der Waals surface area contributed by atoms with Gasteiger partial charge in [0.1, 0.15) is 6.61 Å². The van der Waals surface area contributed by atoms with Crippen molar-refractivity contribution in [1.82, 2.24) is 0 Å². The van der Waals surface area contributed by atoms with Crippen LogP contribution >= 0.6 is 0 Å². The fourth-order valence-corrected chi connectivity index (χ4v) is 4.93. The fourth-order valence-electron chi connectivity index (χ4n) is 4.93. The number of aliphatic hydroxyl groups excluding tert-OH is 1. The Hall–Kier alpha value is -2.49. The molecule has 0 bridgehead atoms. The molecule has 3 rings (SSSR count). The average Bonchev–Trinajstić information content (AvgIpc) is 3.02. The number of carboxylic acids is 2. The van der Waals surface area contributed by atoms with Gasteiger partial charge >= 0.3 is 11.9 Å². The van der Waals surface area contributed by atoms with Gasteiger partial charge in [-0.2, -0.15) is 0 Å². The molecule has 0 radical (unpaired) electrons. The lowest BCUT2D eigenvalue weighted by molar-refractivity contribution is -0.159. The van der Waals surface area contributed by atoms with Gasteiger partial charge in [-0.15, -0.1) is 0 Å². The molecular weight excluding hydrogens is 416 g/mol. The van der Waals surface area contributed by atoms with E-state index in [2.05, 4.69) is 24.2 Å². The Bertz CT molecular complexity index is 786. The SMILES string of the molecule is C[C@]12CC[C@H](Cc3ccc(CO)cc3)C[C@@]1(O)CC[C@@H]2C=NOCCN.O=C(O)C(=O)O. The van der Waals surface area contributed by atoms with Gasteiger partial charge in [-0.1, -0.05) is 36.3 Å². The number of hydrogen-bond donors (Lipinski definition) is 5. The maximum absolute atomic E-state index is 11.4. The highest BCUT2D eigenvalue weighted by atomic mass is 16.6. The molecule has 9 nitrogen and oxygen atoms in total. The molecule has 4 atom stereocenters. The lowest BCUT2D eigenvalue weighted by Crippen LogP contribution is -2.50. The number of nitrogens with two attached hydrogens (primary N) is 1. The lowest BCUT2D eigenvalue weighted by atomic mass is 9.59. The highest BCUT2D eigenvalue weighted by Gasteiger charge is 2.58. The van der Waals surface area contributed by atoms with Gasteiger partial charge in [-0.05, 0) is 55.6 Å². The maximum atomic E-state index is 11.4. The quantitative estimate of drug-likeness (QED) is 0.182. The van der Waals surface area contributed by atoms with Gasteiger partial charge < -0.3 is 31.0 Å². The molecule has 2 aliphatic carbocycles. The summed E-state index contributed by atoms with van der Waals surface area (Å²) in [5.74, 6) is -2.89. The second-order valence-electron chi connectivity index (χ2n) is 8.87. The van der Waals surface area contributed by atoms with Gasteiger partial charge in [-0.3, -0.25) is 0 Å². The fraction of sp³-hybridized carbons (Fsp3) is 0.609. The Labute approximate surface area is 187 Å². The highest BCUT2D eigenvalue weighted by molar-refractivity contribution is 6.27. The van der Waals surface area contributed by atoms with Gasteiger partial charge in [-0.25, -0.2) is 9.59 Å². The summed E-state index contributed by atoms with van der Waals surface area (Å²) in [4.78, 5) is 23.4. The summed E-state index contributed by atoms with van der Waals surface area (Å²) >= 11 is 0. The van der Waals surface area contributed by atoms with Gasteiger partial charge in [0.25, 0.3) is 0 Å². The van der Waals surface area contributed by atoms with Crippen molar-refractivity contribution < 1.29 is 34.9 Å². The highest BCUT2D eigenvalue weighted by Crippen LogP contribution is 2.58. The standard InChI is InChI=1S/C21H32N2O3.C2H2O4/c1-20-8-6-18(12-16-2-4-17(15-24)5-3-16)13-21(20,25)9-7-19(20)14-23-26-11-10-22;3-1(4)2(5)6/h2-5,14,18-19,24-25H,6-13,15,22H2,1H3;(H,3,4)(H,5,6)/t18-,19-,20-,21+;/m1./s1. The first-order valence-electron chi connectivity index (χ1n) is 10.9. The summed E-state index contributed by atoms with van der Waals surface area (Å²) in [5, 5.41) is 39.5. The van der Waals surface area contributed by atoms with Crippen molar-refractivity contribution in [2.24, 2.45) is 28.1 Å². The van der Waals surface area contributed by atoms with E-state index in [4.69, 9.17) is 30.4 Å². The Morgan fingerprint density at radius 1 is 1.16 bits per heavy atom.